The number of hydrogen-bond donors (Lipinski definition) is 1. The topological polar surface area (TPSA) is 76.6 Å². The summed E-state index contributed by atoms with van der Waals surface area (Å²) in [6.07, 6.45) is 1.43. The van der Waals surface area contributed by atoms with Crippen molar-refractivity contribution in [3.63, 3.8) is 0 Å². The first-order valence-electron chi connectivity index (χ1n) is 7.52. The quantitative estimate of drug-likeness (QED) is 0.781. The van der Waals surface area contributed by atoms with Crippen LogP contribution in [0, 0.1) is 12.8 Å². The highest BCUT2D eigenvalue weighted by Crippen LogP contribution is 2.21. The molecule has 0 bridgehead atoms. The largest absolute Gasteiger partial charge is 0.354 e. The summed E-state index contributed by atoms with van der Waals surface area (Å²) in [5.74, 6) is 0.810. The Morgan fingerprint density at radius 2 is 2.18 bits per heavy atom. The summed E-state index contributed by atoms with van der Waals surface area (Å²) in [5.41, 5.74) is 0.889. The Balaban J connectivity index is 1.89. The Bertz CT molecular complexity index is 476. The number of carbonyl (C=O) groups is 1. The molecule has 122 valence electrons. The number of nitrogens with one attached hydrogen (secondary N) is 1. The predicted octanol–water partition coefficient (Wildman–Crippen LogP) is 0.737. The fourth-order valence-electron chi connectivity index (χ4n) is 2.55. The zero-order chi connectivity index (χ0) is 15.9. The van der Waals surface area contributed by atoms with Gasteiger partial charge in [-0.3, -0.25) is 4.79 Å². The number of rotatable bonds is 6. The molecule has 0 radical (unpaired) electrons. The molecule has 1 N–H and O–H groups in total. The van der Waals surface area contributed by atoms with Crippen molar-refractivity contribution in [1.29, 1.82) is 0 Å². The first-order chi connectivity index (χ1) is 10.6. The third-order valence-corrected chi connectivity index (χ3v) is 3.87. The highest BCUT2D eigenvalue weighted by molar-refractivity contribution is 5.79. The Hall–Kier alpha value is -1.73. The van der Waals surface area contributed by atoms with Crippen LogP contribution in [0.15, 0.2) is 12.1 Å². The molecular formula is C15H24N4O3. The minimum Gasteiger partial charge on any atom is -0.354 e. The molecule has 0 saturated carbocycles. The summed E-state index contributed by atoms with van der Waals surface area (Å²) in [6, 6.07) is 3.89. The average Bonchev–Trinajstić information content (AvgIpc) is 2.56. The monoisotopic (exact) mass is 308 g/mol. The van der Waals surface area contributed by atoms with E-state index in [1.807, 2.05) is 19.1 Å². The second kappa shape index (κ2) is 8.05. The van der Waals surface area contributed by atoms with Crippen LogP contribution in [0.1, 0.15) is 18.5 Å². The molecule has 1 aliphatic heterocycles. The van der Waals surface area contributed by atoms with Gasteiger partial charge >= 0.3 is 0 Å². The number of amides is 1. The molecule has 1 amide bonds. The first-order valence-corrected chi connectivity index (χ1v) is 7.52. The number of aryl methyl sites for hydroxylation is 1. The third kappa shape index (κ3) is 4.38. The highest BCUT2D eigenvalue weighted by atomic mass is 16.7. The summed E-state index contributed by atoms with van der Waals surface area (Å²) in [7, 11) is 3.11. The van der Waals surface area contributed by atoms with Gasteiger partial charge < -0.3 is 19.7 Å². The Kier molecular flexibility index (Phi) is 6.09. The van der Waals surface area contributed by atoms with E-state index in [-0.39, 0.29) is 11.8 Å². The summed E-state index contributed by atoms with van der Waals surface area (Å²) in [4.78, 5) is 14.4. The number of carbonyl (C=O) groups excluding carboxylic acids is 1. The molecule has 0 aromatic carbocycles. The van der Waals surface area contributed by atoms with Crippen LogP contribution in [-0.2, 0) is 14.3 Å². The SMILES string of the molecule is COC(CNC(=O)C1CCCN(c2ccc(C)nn2)C1)OC. The van der Waals surface area contributed by atoms with Gasteiger partial charge in [-0.05, 0) is 31.9 Å². The van der Waals surface area contributed by atoms with Crippen molar-refractivity contribution in [2.45, 2.75) is 26.1 Å². The van der Waals surface area contributed by atoms with E-state index in [9.17, 15) is 4.79 Å². The van der Waals surface area contributed by atoms with E-state index in [4.69, 9.17) is 9.47 Å². The van der Waals surface area contributed by atoms with Crippen molar-refractivity contribution < 1.29 is 14.3 Å². The summed E-state index contributed by atoms with van der Waals surface area (Å²) in [5, 5.41) is 11.2. The molecule has 7 heteroatoms. The fourth-order valence-corrected chi connectivity index (χ4v) is 2.55. The molecule has 0 spiro atoms. The second-order valence-corrected chi connectivity index (χ2v) is 5.46. The average molecular weight is 308 g/mol. The van der Waals surface area contributed by atoms with Crippen LogP contribution in [0.5, 0.6) is 0 Å². The minimum atomic E-state index is -0.411. The Labute approximate surface area is 131 Å². The lowest BCUT2D eigenvalue weighted by molar-refractivity contribution is -0.131. The number of methoxy groups -OCH3 is 2. The molecule has 1 aromatic heterocycles. The molecule has 1 fully saturated rings. The van der Waals surface area contributed by atoms with Gasteiger partial charge in [0.05, 0.1) is 18.2 Å². The van der Waals surface area contributed by atoms with Gasteiger partial charge in [0.2, 0.25) is 5.91 Å². The van der Waals surface area contributed by atoms with Gasteiger partial charge in [-0.25, -0.2) is 0 Å². The molecule has 0 aliphatic carbocycles. The first kappa shape index (κ1) is 16.6. The van der Waals surface area contributed by atoms with E-state index in [0.717, 1.165) is 30.9 Å². The molecule has 2 heterocycles. The van der Waals surface area contributed by atoms with Crippen molar-refractivity contribution in [1.82, 2.24) is 15.5 Å². The zero-order valence-electron chi connectivity index (χ0n) is 13.4. The maximum atomic E-state index is 12.3. The van der Waals surface area contributed by atoms with E-state index in [2.05, 4.69) is 20.4 Å². The van der Waals surface area contributed by atoms with E-state index < -0.39 is 6.29 Å². The van der Waals surface area contributed by atoms with Crippen molar-refractivity contribution >= 4 is 11.7 Å². The van der Waals surface area contributed by atoms with Crippen LogP contribution in [0.4, 0.5) is 5.82 Å². The number of nitrogens with zero attached hydrogens (tertiary/aromatic N) is 3. The molecule has 1 unspecified atom stereocenters. The minimum absolute atomic E-state index is 0.0314. The van der Waals surface area contributed by atoms with Gasteiger partial charge in [-0.1, -0.05) is 0 Å². The van der Waals surface area contributed by atoms with Gasteiger partial charge in [-0.15, -0.1) is 5.10 Å². The van der Waals surface area contributed by atoms with Gasteiger partial charge in [0, 0.05) is 27.3 Å². The van der Waals surface area contributed by atoms with E-state index in [1.54, 1.807) is 14.2 Å². The van der Waals surface area contributed by atoms with Crippen LogP contribution in [0.2, 0.25) is 0 Å². The third-order valence-electron chi connectivity index (χ3n) is 3.87. The summed E-state index contributed by atoms with van der Waals surface area (Å²) in [6.45, 7) is 3.83. The summed E-state index contributed by atoms with van der Waals surface area (Å²) >= 11 is 0. The van der Waals surface area contributed by atoms with Crippen molar-refractivity contribution in [3.05, 3.63) is 17.8 Å². The van der Waals surface area contributed by atoms with Gasteiger partial charge in [0.15, 0.2) is 12.1 Å². The Morgan fingerprint density at radius 1 is 1.41 bits per heavy atom. The molecule has 1 aliphatic rings. The van der Waals surface area contributed by atoms with Gasteiger partial charge in [0.25, 0.3) is 0 Å². The fraction of sp³-hybridized carbons (Fsp3) is 0.667. The number of anilines is 1. The number of aromatic nitrogens is 2. The van der Waals surface area contributed by atoms with Crippen LogP contribution in [0.25, 0.3) is 0 Å². The van der Waals surface area contributed by atoms with Gasteiger partial charge in [-0.2, -0.15) is 5.10 Å². The number of piperidine rings is 1. The summed E-state index contributed by atoms with van der Waals surface area (Å²) < 4.78 is 10.1. The smallest absolute Gasteiger partial charge is 0.225 e. The van der Waals surface area contributed by atoms with Crippen LogP contribution >= 0.6 is 0 Å². The maximum absolute atomic E-state index is 12.3. The van der Waals surface area contributed by atoms with E-state index >= 15 is 0 Å². The van der Waals surface area contributed by atoms with Crippen LogP contribution in [-0.4, -0.2) is 56.2 Å². The van der Waals surface area contributed by atoms with Crippen molar-refractivity contribution in [2.24, 2.45) is 5.92 Å². The van der Waals surface area contributed by atoms with Crippen LogP contribution in [0.3, 0.4) is 0 Å². The zero-order valence-corrected chi connectivity index (χ0v) is 13.4. The molecule has 1 atom stereocenters. The Morgan fingerprint density at radius 3 is 2.82 bits per heavy atom. The maximum Gasteiger partial charge on any atom is 0.225 e. The lowest BCUT2D eigenvalue weighted by Crippen LogP contribution is -2.45. The number of ether oxygens (including phenoxy) is 2. The lowest BCUT2D eigenvalue weighted by atomic mass is 9.97. The van der Waals surface area contributed by atoms with Crippen LogP contribution < -0.4 is 10.2 Å². The molecule has 1 saturated heterocycles. The van der Waals surface area contributed by atoms with E-state index in [1.165, 1.54) is 0 Å². The second-order valence-electron chi connectivity index (χ2n) is 5.46. The number of hydrogen-bond acceptors (Lipinski definition) is 6. The molecule has 22 heavy (non-hydrogen) atoms. The van der Waals surface area contributed by atoms with Crippen molar-refractivity contribution in [2.75, 3.05) is 38.8 Å². The van der Waals surface area contributed by atoms with E-state index in [0.29, 0.717) is 13.1 Å². The predicted molar refractivity (Wildman–Crippen MR) is 82.5 cm³/mol. The lowest BCUT2D eigenvalue weighted by Gasteiger charge is -2.32. The standard InChI is InChI=1S/C15H24N4O3/c1-11-6-7-13(18-17-11)19-8-4-5-12(10-19)15(20)16-9-14(21-2)22-3/h6-7,12,14H,4-5,8-10H2,1-3H3,(H,16,20). The molecule has 7 nitrogen and oxygen atoms in total. The normalized spacial score (nSPS) is 18.5. The highest BCUT2D eigenvalue weighted by Gasteiger charge is 2.27. The molecule has 1 aromatic rings. The van der Waals surface area contributed by atoms with Gasteiger partial charge in [0.1, 0.15) is 0 Å². The molecular weight excluding hydrogens is 284 g/mol. The van der Waals surface area contributed by atoms with Crippen molar-refractivity contribution in [3.8, 4) is 0 Å². The molecule has 2 rings (SSSR count).